The third kappa shape index (κ3) is 3.31. The van der Waals surface area contributed by atoms with Crippen molar-refractivity contribution in [2.75, 3.05) is 13.1 Å². The van der Waals surface area contributed by atoms with E-state index in [0.29, 0.717) is 18.7 Å². The number of nitrogens with zero attached hydrogens (tertiary/aromatic N) is 1. The van der Waals surface area contributed by atoms with Crippen LogP contribution in [0.4, 0.5) is 0 Å². The second-order valence-electron chi connectivity index (χ2n) is 7.14. The summed E-state index contributed by atoms with van der Waals surface area (Å²) in [4.78, 5) is 14.4. The maximum absolute atomic E-state index is 12.6. The zero-order chi connectivity index (χ0) is 17.4. The maximum Gasteiger partial charge on any atom is 0.495 e. The van der Waals surface area contributed by atoms with E-state index in [9.17, 15) is 4.79 Å². The lowest BCUT2D eigenvalue weighted by Gasteiger charge is -2.32. The SMILES string of the molecule is CCN(CC)C(=O)c1ccc(C)c(B2OC(C)(C)C(C)(C)O2)c1. The van der Waals surface area contributed by atoms with Crippen LogP contribution in [0.1, 0.15) is 57.5 Å². The summed E-state index contributed by atoms with van der Waals surface area (Å²) in [5.74, 6) is 0.0489. The minimum absolute atomic E-state index is 0.0489. The van der Waals surface area contributed by atoms with Gasteiger partial charge in [-0.1, -0.05) is 11.6 Å². The Kier molecular flexibility index (Phi) is 4.93. The number of amides is 1. The zero-order valence-electron chi connectivity index (χ0n) is 15.4. The van der Waals surface area contributed by atoms with Gasteiger partial charge in [-0.3, -0.25) is 4.79 Å². The van der Waals surface area contributed by atoms with Gasteiger partial charge in [0.15, 0.2) is 0 Å². The quantitative estimate of drug-likeness (QED) is 0.802. The molecule has 0 unspecified atom stereocenters. The molecule has 5 heteroatoms. The largest absolute Gasteiger partial charge is 0.495 e. The van der Waals surface area contributed by atoms with Gasteiger partial charge in [-0.15, -0.1) is 0 Å². The van der Waals surface area contributed by atoms with Gasteiger partial charge in [-0.05, 0) is 66.1 Å². The van der Waals surface area contributed by atoms with E-state index < -0.39 is 7.12 Å². The van der Waals surface area contributed by atoms with Crippen LogP contribution < -0.4 is 5.46 Å². The molecular weight excluding hydrogens is 289 g/mol. The van der Waals surface area contributed by atoms with Gasteiger partial charge < -0.3 is 14.2 Å². The Morgan fingerprint density at radius 1 is 1.09 bits per heavy atom. The molecule has 126 valence electrons. The van der Waals surface area contributed by atoms with Gasteiger partial charge in [-0.25, -0.2) is 0 Å². The molecule has 1 fully saturated rings. The lowest BCUT2D eigenvalue weighted by molar-refractivity contribution is 0.00578. The first-order valence-electron chi connectivity index (χ1n) is 8.38. The van der Waals surface area contributed by atoms with E-state index in [1.54, 1.807) is 0 Å². The first-order chi connectivity index (χ1) is 10.6. The van der Waals surface area contributed by atoms with E-state index in [0.717, 1.165) is 11.0 Å². The summed E-state index contributed by atoms with van der Waals surface area (Å²) >= 11 is 0. The molecule has 1 aromatic carbocycles. The van der Waals surface area contributed by atoms with Crippen molar-refractivity contribution >= 4 is 18.5 Å². The normalized spacial score (nSPS) is 19.0. The predicted molar refractivity (Wildman–Crippen MR) is 94.1 cm³/mol. The number of benzene rings is 1. The van der Waals surface area contributed by atoms with Crippen LogP contribution in [0.25, 0.3) is 0 Å². The van der Waals surface area contributed by atoms with E-state index >= 15 is 0 Å². The summed E-state index contributed by atoms with van der Waals surface area (Å²) in [6.07, 6.45) is 0. The molecule has 1 aromatic rings. The average molecular weight is 317 g/mol. The maximum atomic E-state index is 12.6. The van der Waals surface area contributed by atoms with Crippen LogP contribution in [0.15, 0.2) is 18.2 Å². The minimum atomic E-state index is -0.440. The molecule has 0 spiro atoms. The molecule has 0 bridgehead atoms. The molecule has 1 heterocycles. The summed E-state index contributed by atoms with van der Waals surface area (Å²) in [6.45, 7) is 15.5. The monoisotopic (exact) mass is 317 g/mol. The minimum Gasteiger partial charge on any atom is -0.399 e. The highest BCUT2D eigenvalue weighted by Gasteiger charge is 2.52. The smallest absolute Gasteiger partial charge is 0.399 e. The summed E-state index contributed by atoms with van der Waals surface area (Å²) in [5.41, 5.74) is 1.91. The average Bonchev–Trinajstić information content (AvgIpc) is 2.69. The van der Waals surface area contributed by atoms with Gasteiger partial charge in [0.1, 0.15) is 0 Å². The van der Waals surface area contributed by atoms with Crippen LogP contribution in [-0.4, -0.2) is 42.2 Å². The molecule has 1 aliphatic heterocycles. The molecule has 1 amide bonds. The second-order valence-corrected chi connectivity index (χ2v) is 7.14. The Morgan fingerprint density at radius 3 is 2.09 bits per heavy atom. The van der Waals surface area contributed by atoms with Crippen LogP contribution in [0, 0.1) is 6.92 Å². The molecule has 0 atom stereocenters. The summed E-state index contributed by atoms with van der Waals surface area (Å²) in [7, 11) is -0.440. The zero-order valence-corrected chi connectivity index (χ0v) is 15.4. The molecule has 0 aromatic heterocycles. The van der Waals surface area contributed by atoms with Gasteiger partial charge in [0.25, 0.3) is 5.91 Å². The van der Waals surface area contributed by atoms with Crippen LogP contribution in [0.5, 0.6) is 0 Å². The fourth-order valence-corrected chi connectivity index (χ4v) is 2.69. The highest BCUT2D eigenvalue weighted by Crippen LogP contribution is 2.36. The molecule has 1 saturated heterocycles. The van der Waals surface area contributed by atoms with Crippen molar-refractivity contribution in [3.8, 4) is 0 Å². The van der Waals surface area contributed by atoms with Crippen LogP contribution in [-0.2, 0) is 9.31 Å². The fraction of sp³-hybridized carbons (Fsp3) is 0.611. The van der Waals surface area contributed by atoms with Gasteiger partial charge in [0.05, 0.1) is 11.2 Å². The molecular formula is C18H28BNO3. The van der Waals surface area contributed by atoms with Crippen molar-refractivity contribution in [2.24, 2.45) is 0 Å². The molecule has 0 aliphatic carbocycles. The van der Waals surface area contributed by atoms with Crippen LogP contribution in [0.2, 0.25) is 0 Å². The number of rotatable bonds is 4. The van der Waals surface area contributed by atoms with Crippen molar-refractivity contribution in [1.29, 1.82) is 0 Å². The molecule has 1 aliphatic rings. The van der Waals surface area contributed by atoms with Crippen molar-refractivity contribution in [3.05, 3.63) is 29.3 Å². The van der Waals surface area contributed by atoms with E-state index in [1.165, 1.54) is 0 Å². The number of hydrogen-bond acceptors (Lipinski definition) is 3. The standard InChI is InChI=1S/C18H28BNO3/c1-8-20(9-2)16(21)14-11-10-13(3)15(12-14)19-22-17(4,5)18(6,7)23-19/h10-12H,8-9H2,1-7H3. The van der Waals surface area contributed by atoms with Crippen molar-refractivity contribution in [1.82, 2.24) is 4.90 Å². The fourth-order valence-electron chi connectivity index (χ4n) is 2.69. The van der Waals surface area contributed by atoms with Gasteiger partial charge >= 0.3 is 7.12 Å². The Bertz CT molecular complexity index is 578. The topological polar surface area (TPSA) is 38.8 Å². The van der Waals surface area contributed by atoms with Gasteiger partial charge in [-0.2, -0.15) is 0 Å². The van der Waals surface area contributed by atoms with Gasteiger partial charge in [0, 0.05) is 18.7 Å². The first-order valence-corrected chi connectivity index (χ1v) is 8.38. The van der Waals surface area contributed by atoms with Crippen molar-refractivity contribution < 1.29 is 14.1 Å². The number of carbonyl (C=O) groups excluding carboxylic acids is 1. The molecule has 0 radical (unpaired) electrons. The molecule has 0 saturated carbocycles. The number of hydrogen-bond donors (Lipinski definition) is 0. The Balaban J connectivity index is 2.34. The van der Waals surface area contributed by atoms with Crippen molar-refractivity contribution in [3.63, 3.8) is 0 Å². The summed E-state index contributed by atoms with van der Waals surface area (Å²) < 4.78 is 12.3. The first kappa shape index (κ1) is 18.0. The Morgan fingerprint density at radius 2 is 1.61 bits per heavy atom. The highest BCUT2D eigenvalue weighted by atomic mass is 16.7. The van der Waals surface area contributed by atoms with Crippen molar-refractivity contribution in [2.45, 2.75) is 59.7 Å². The van der Waals surface area contributed by atoms with E-state index in [-0.39, 0.29) is 17.1 Å². The summed E-state index contributed by atoms with van der Waals surface area (Å²) in [5, 5.41) is 0. The third-order valence-electron chi connectivity index (χ3n) is 5.08. The third-order valence-corrected chi connectivity index (χ3v) is 5.08. The van der Waals surface area contributed by atoms with E-state index in [1.807, 2.05) is 71.6 Å². The lowest BCUT2D eigenvalue weighted by Crippen LogP contribution is -2.41. The predicted octanol–water partition coefficient (Wildman–Crippen LogP) is 2.78. The lowest BCUT2D eigenvalue weighted by atomic mass is 9.75. The second kappa shape index (κ2) is 6.29. The summed E-state index contributed by atoms with van der Waals surface area (Å²) in [6, 6.07) is 5.76. The molecule has 0 N–H and O–H groups in total. The number of carbonyl (C=O) groups is 1. The van der Waals surface area contributed by atoms with Crippen LogP contribution in [0.3, 0.4) is 0 Å². The Hall–Kier alpha value is -1.33. The Labute approximate surface area is 140 Å². The molecule has 4 nitrogen and oxygen atoms in total. The van der Waals surface area contributed by atoms with Gasteiger partial charge in [0.2, 0.25) is 0 Å². The molecule has 23 heavy (non-hydrogen) atoms. The van der Waals surface area contributed by atoms with E-state index in [2.05, 4.69) is 0 Å². The molecule has 2 rings (SSSR count). The van der Waals surface area contributed by atoms with Crippen LogP contribution >= 0.6 is 0 Å². The number of aryl methyl sites for hydroxylation is 1. The highest BCUT2D eigenvalue weighted by molar-refractivity contribution is 6.62. The van der Waals surface area contributed by atoms with E-state index in [4.69, 9.17) is 9.31 Å².